The lowest BCUT2D eigenvalue weighted by Gasteiger charge is -2.12. The molecule has 0 saturated carbocycles. The molecule has 0 bridgehead atoms. The maximum atomic E-state index is 10.1. The molecule has 0 aromatic heterocycles. The van der Waals surface area contributed by atoms with Gasteiger partial charge in [0.25, 0.3) is 0 Å². The number of benzene rings is 2. The molecule has 2 aromatic carbocycles. The van der Waals surface area contributed by atoms with E-state index < -0.39 is 0 Å². The third kappa shape index (κ3) is 12.2. The first-order valence-corrected chi connectivity index (χ1v) is 10.6. The van der Waals surface area contributed by atoms with E-state index in [0.29, 0.717) is 0 Å². The highest BCUT2D eigenvalue weighted by Gasteiger charge is 2.05. The molecule has 0 fully saturated rings. The molecule has 2 rings (SSSR count). The Labute approximate surface area is 199 Å². The minimum atomic E-state index is -0.230. The lowest BCUT2D eigenvalue weighted by Crippen LogP contribution is -2.24. The first kappa shape index (κ1) is 29.5. The molecular weight excluding hydrogens is 435 g/mol. The van der Waals surface area contributed by atoms with Crippen molar-refractivity contribution in [3.63, 3.8) is 0 Å². The van der Waals surface area contributed by atoms with E-state index in [2.05, 4.69) is 41.0 Å². The molecule has 7 heteroatoms. The molecule has 1 unspecified atom stereocenters. The molecule has 5 nitrogen and oxygen atoms in total. The molecule has 0 aliphatic heterocycles. The van der Waals surface area contributed by atoms with Gasteiger partial charge in [-0.2, -0.15) is 0 Å². The van der Waals surface area contributed by atoms with Crippen molar-refractivity contribution in [3.8, 4) is 11.5 Å². The first-order chi connectivity index (χ1) is 14.2. The fourth-order valence-corrected chi connectivity index (χ4v) is 3.27. The van der Waals surface area contributed by atoms with Crippen LogP contribution in [0.25, 0.3) is 0 Å². The maximum Gasteiger partial charge on any atom is 0.160 e. The fourth-order valence-electron chi connectivity index (χ4n) is 3.27. The number of rotatable bonds is 15. The zero-order valence-corrected chi connectivity index (χ0v) is 20.3. The lowest BCUT2D eigenvalue weighted by atomic mass is 10.1. The van der Waals surface area contributed by atoms with Gasteiger partial charge in [-0.05, 0) is 81.5 Å². The standard InChI is InChI=1S/C24H36N2O3.2ClH/c1-28-23-11-10-21(19-24(23)29-2)13-17-25-15-6-9-22(27)14-18-26-16-12-20-7-4-3-5-8-20;;/h3-5,7-8,10-11,19,22,25-27H,6,9,12-18H2,1-2H3;2*1H. The zero-order chi connectivity index (χ0) is 20.7. The summed E-state index contributed by atoms with van der Waals surface area (Å²) in [6, 6.07) is 16.5. The number of nitrogens with one attached hydrogen (secondary N) is 2. The van der Waals surface area contributed by atoms with Gasteiger partial charge in [0.2, 0.25) is 0 Å². The first-order valence-electron chi connectivity index (χ1n) is 10.6. The van der Waals surface area contributed by atoms with Crippen LogP contribution in [0.4, 0.5) is 0 Å². The third-order valence-corrected chi connectivity index (χ3v) is 5.02. The van der Waals surface area contributed by atoms with Crippen molar-refractivity contribution >= 4 is 24.8 Å². The normalized spacial score (nSPS) is 11.2. The highest BCUT2D eigenvalue weighted by molar-refractivity contribution is 5.85. The van der Waals surface area contributed by atoms with Crippen LogP contribution in [0.15, 0.2) is 48.5 Å². The molecule has 0 aliphatic carbocycles. The summed E-state index contributed by atoms with van der Waals surface area (Å²) in [5, 5.41) is 17.0. The Morgan fingerprint density at radius 2 is 1.39 bits per heavy atom. The van der Waals surface area contributed by atoms with Crippen LogP contribution in [-0.4, -0.2) is 51.6 Å². The highest BCUT2D eigenvalue weighted by Crippen LogP contribution is 2.27. The maximum absolute atomic E-state index is 10.1. The number of aliphatic hydroxyl groups is 1. The smallest absolute Gasteiger partial charge is 0.160 e. The predicted molar refractivity (Wildman–Crippen MR) is 133 cm³/mol. The molecule has 176 valence electrons. The van der Waals surface area contributed by atoms with E-state index in [9.17, 15) is 5.11 Å². The molecule has 0 heterocycles. The molecule has 2 aromatic rings. The van der Waals surface area contributed by atoms with Crippen molar-refractivity contribution in [2.24, 2.45) is 0 Å². The quantitative estimate of drug-likeness (QED) is 0.341. The summed E-state index contributed by atoms with van der Waals surface area (Å²) in [4.78, 5) is 0. The van der Waals surface area contributed by atoms with E-state index in [1.165, 1.54) is 11.1 Å². The Morgan fingerprint density at radius 3 is 2.06 bits per heavy atom. The van der Waals surface area contributed by atoms with Crippen molar-refractivity contribution in [1.82, 2.24) is 10.6 Å². The second kappa shape index (κ2) is 18.1. The van der Waals surface area contributed by atoms with Gasteiger partial charge in [-0.1, -0.05) is 36.4 Å². The van der Waals surface area contributed by atoms with Crippen LogP contribution >= 0.6 is 24.8 Å². The Kier molecular flexibility index (Phi) is 17.2. The molecule has 0 amide bonds. The Morgan fingerprint density at radius 1 is 0.742 bits per heavy atom. The van der Waals surface area contributed by atoms with Gasteiger partial charge in [0.05, 0.1) is 20.3 Å². The zero-order valence-electron chi connectivity index (χ0n) is 18.6. The van der Waals surface area contributed by atoms with Crippen molar-refractivity contribution in [1.29, 1.82) is 0 Å². The van der Waals surface area contributed by atoms with E-state index >= 15 is 0 Å². The fraction of sp³-hybridized carbons (Fsp3) is 0.500. The molecule has 0 radical (unpaired) electrons. The molecule has 0 aliphatic rings. The third-order valence-electron chi connectivity index (χ3n) is 5.02. The number of methoxy groups -OCH3 is 2. The van der Waals surface area contributed by atoms with Crippen molar-refractivity contribution in [3.05, 3.63) is 59.7 Å². The van der Waals surface area contributed by atoms with Crippen LogP contribution in [0.3, 0.4) is 0 Å². The highest BCUT2D eigenvalue weighted by atomic mass is 35.5. The molecule has 0 saturated heterocycles. The molecule has 3 N–H and O–H groups in total. The van der Waals surface area contributed by atoms with Crippen LogP contribution in [0.2, 0.25) is 0 Å². The summed E-state index contributed by atoms with van der Waals surface area (Å²) in [6.45, 7) is 3.65. The minimum Gasteiger partial charge on any atom is -0.493 e. The summed E-state index contributed by atoms with van der Waals surface area (Å²) >= 11 is 0. The average Bonchev–Trinajstić information content (AvgIpc) is 2.76. The average molecular weight is 473 g/mol. The SMILES string of the molecule is COc1ccc(CCNCCCC(O)CCNCCc2ccccc2)cc1OC.Cl.Cl. The second-order valence-electron chi connectivity index (χ2n) is 7.26. The van der Waals surface area contributed by atoms with Crippen LogP contribution < -0.4 is 20.1 Å². The number of ether oxygens (including phenoxy) is 2. The van der Waals surface area contributed by atoms with Gasteiger partial charge in [0.1, 0.15) is 0 Å². The van der Waals surface area contributed by atoms with E-state index in [1.807, 2.05) is 18.2 Å². The van der Waals surface area contributed by atoms with Crippen molar-refractivity contribution < 1.29 is 14.6 Å². The summed E-state index contributed by atoms with van der Waals surface area (Å²) in [6.07, 6.45) is 4.36. The minimum absolute atomic E-state index is 0. The van der Waals surface area contributed by atoms with Gasteiger partial charge in [-0.3, -0.25) is 0 Å². The Hall–Kier alpha value is -1.50. The number of halogens is 2. The van der Waals surface area contributed by atoms with E-state index in [0.717, 1.165) is 69.8 Å². The summed E-state index contributed by atoms with van der Waals surface area (Å²) < 4.78 is 10.6. The van der Waals surface area contributed by atoms with Crippen molar-refractivity contribution in [2.75, 3.05) is 40.4 Å². The van der Waals surface area contributed by atoms with E-state index in [1.54, 1.807) is 14.2 Å². The summed E-state index contributed by atoms with van der Waals surface area (Å²) in [5.74, 6) is 1.53. The van der Waals surface area contributed by atoms with Gasteiger partial charge in [-0.25, -0.2) is 0 Å². The number of aliphatic hydroxyl groups excluding tert-OH is 1. The summed E-state index contributed by atoms with van der Waals surface area (Å²) in [5.41, 5.74) is 2.57. The topological polar surface area (TPSA) is 62.8 Å². The lowest BCUT2D eigenvalue weighted by molar-refractivity contribution is 0.151. The van der Waals surface area contributed by atoms with Gasteiger partial charge in [-0.15, -0.1) is 24.8 Å². The van der Waals surface area contributed by atoms with Crippen LogP contribution in [0, 0.1) is 0 Å². The largest absolute Gasteiger partial charge is 0.493 e. The van der Waals surface area contributed by atoms with E-state index in [4.69, 9.17) is 9.47 Å². The van der Waals surface area contributed by atoms with Crippen LogP contribution in [0.1, 0.15) is 30.4 Å². The van der Waals surface area contributed by atoms with Crippen molar-refractivity contribution in [2.45, 2.75) is 38.2 Å². The monoisotopic (exact) mass is 472 g/mol. The second-order valence-corrected chi connectivity index (χ2v) is 7.26. The van der Waals surface area contributed by atoms with Crippen LogP contribution in [0.5, 0.6) is 11.5 Å². The Bertz CT molecular complexity index is 690. The summed E-state index contributed by atoms with van der Waals surface area (Å²) in [7, 11) is 3.30. The predicted octanol–water partition coefficient (Wildman–Crippen LogP) is 4.04. The van der Waals surface area contributed by atoms with Gasteiger partial charge < -0.3 is 25.2 Å². The van der Waals surface area contributed by atoms with E-state index in [-0.39, 0.29) is 30.9 Å². The number of hydrogen-bond donors (Lipinski definition) is 3. The number of hydrogen-bond acceptors (Lipinski definition) is 5. The molecule has 0 spiro atoms. The molecule has 31 heavy (non-hydrogen) atoms. The molecule has 1 atom stereocenters. The van der Waals surface area contributed by atoms with Gasteiger partial charge in [0.15, 0.2) is 11.5 Å². The Balaban J connectivity index is 0.00000450. The van der Waals surface area contributed by atoms with Crippen LogP contribution in [-0.2, 0) is 12.8 Å². The molecular formula is C24H38Cl2N2O3. The van der Waals surface area contributed by atoms with Gasteiger partial charge >= 0.3 is 0 Å². The van der Waals surface area contributed by atoms with Gasteiger partial charge in [0, 0.05) is 0 Å².